The molecule has 0 aliphatic carbocycles. The van der Waals surface area contributed by atoms with E-state index in [9.17, 15) is 9.59 Å². The number of carbonyl (C=O) groups excluding carboxylic acids is 2. The van der Waals surface area contributed by atoms with Crippen LogP contribution in [0.1, 0.15) is 70.9 Å². The van der Waals surface area contributed by atoms with Crippen molar-refractivity contribution < 1.29 is 38.0 Å². The molecule has 4 heterocycles. The van der Waals surface area contributed by atoms with Gasteiger partial charge in [-0.05, 0) is 96.7 Å². The predicted octanol–water partition coefficient (Wildman–Crippen LogP) is 9.35. The Kier molecular flexibility index (Phi) is 28.7. The van der Waals surface area contributed by atoms with Gasteiger partial charge in [-0.2, -0.15) is 0 Å². The minimum Gasteiger partial charge on any atom is -0.377 e. The van der Waals surface area contributed by atoms with Gasteiger partial charge in [-0.1, -0.05) is 106 Å². The van der Waals surface area contributed by atoms with Crippen LogP contribution in [0.3, 0.4) is 0 Å². The van der Waals surface area contributed by atoms with Crippen molar-refractivity contribution in [1.82, 2.24) is 61.1 Å². The van der Waals surface area contributed by atoms with Crippen molar-refractivity contribution in [3.8, 4) is 22.5 Å². The largest absolute Gasteiger partial charge is 0.377 e. The number of unbranched alkanes of at least 4 members (excludes halogenated alkanes) is 3. The maximum absolute atomic E-state index is 12.1. The molecule has 4 aromatic carbocycles. The van der Waals surface area contributed by atoms with Crippen LogP contribution in [0, 0.1) is 0 Å². The summed E-state index contributed by atoms with van der Waals surface area (Å²) in [5, 5.41) is 31.5. The van der Waals surface area contributed by atoms with Gasteiger partial charge in [0.2, 0.25) is 0 Å². The molecule has 2 aromatic heterocycles. The lowest BCUT2D eigenvalue weighted by atomic mass is 9.84. The van der Waals surface area contributed by atoms with Crippen molar-refractivity contribution in [3.05, 3.63) is 139 Å². The van der Waals surface area contributed by atoms with Crippen molar-refractivity contribution in [3.63, 3.8) is 0 Å². The zero-order valence-electron chi connectivity index (χ0n) is 48.4. The zero-order chi connectivity index (χ0) is 58.9. The molecule has 2 aliphatic rings. The molecule has 85 heavy (non-hydrogen) atoms. The molecule has 4 amide bonds. The van der Waals surface area contributed by atoms with E-state index >= 15 is 0 Å². The average Bonchev–Trinajstić information content (AvgIpc) is 2.30. The average molecular weight is 1270 g/mol. The predicted molar refractivity (Wildman–Crippen MR) is 334 cm³/mol. The van der Waals surface area contributed by atoms with Crippen molar-refractivity contribution in [2.75, 3.05) is 133 Å². The van der Waals surface area contributed by atoms with Gasteiger partial charge in [-0.15, -0.1) is 22.6 Å². The van der Waals surface area contributed by atoms with Gasteiger partial charge >= 0.3 is 12.1 Å². The summed E-state index contributed by atoms with van der Waals surface area (Å²) in [5.74, 6) is 0.273. The molecule has 8 rings (SSSR count). The number of urea groups is 2. The molecular formula is C60H79Cl5N12O8. The number of benzene rings is 4. The number of halogens is 5. The maximum atomic E-state index is 12.1. The summed E-state index contributed by atoms with van der Waals surface area (Å²) in [6, 6.07) is 24.1. The quantitative estimate of drug-likeness (QED) is 0.0274. The second-order valence-corrected chi connectivity index (χ2v) is 22.5. The Morgan fingerprint density at radius 1 is 0.494 bits per heavy atom. The van der Waals surface area contributed by atoms with Gasteiger partial charge in [0.25, 0.3) is 0 Å². The molecule has 462 valence electrons. The van der Waals surface area contributed by atoms with Crippen LogP contribution in [0.25, 0.3) is 22.5 Å². The highest BCUT2D eigenvalue weighted by atomic mass is 35.5. The van der Waals surface area contributed by atoms with Crippen LogP contribution in [0.4, 0.5) is 9.59 Å². The molecule has 2 aliphatic heterocycles. The minimum absolute atomic E-state index is 0. The van der Waals surface area contributed by atoms with Crippen LogP contribution >= 0.6 is 58.8 Å². The third-order valence-electron chi connectivity index (χ3n) is 14.4. The van der Waals surface area contributed by atoms with E-state index in [2.05, 4.69) is 102 Å². The van der Waals surface area contributed by atoms with Crippen LogP contribution in [-0.2, 0) is 54.6 Å². The Bertz CT molecular complexity index is 2810. The normalized spacial score (nSPS) is 15.0. The Balaban J connectivity index is 0.0000104. The van der Waals surface area contributed by atoms with E-state index < -0.39 is 0 Å². The van der Waals surface area contributed by atoms with E-state index in [1.807, 2.05) is 48.8 Å². The number of amides is 4. The lowest BCUT2D eigenvalue weighted by molar-refractivity contribution is 0.0135. The fraction of sp³-hybridized carbons (Fsp3) is 0.500. The van der Waals surface area contributed by atoms with E-state index in [1.165, 1.54) is 22.3 Å². The van der Waals surface area contributed by atoms with Gasteiger partial charge in [0.15, 0.2) is 0 Å². The molecule has 6 aromatic rings. The fourth-order valence-electron chi connectivity index (χ4n) is 10.2. The number of aromatic nitrogens is 6. The highest BCUT2D eigenvalue weighted by molar-refractivity contribution is 6.35. The molecule has 25 heteroatoms. The lowest BCUT2D eigenvalue weighted by Crippen LogP contribution is -2.38. The number of rotatable bonds is 35. The fourth-order valence-corrected chi connectivity index (χ4v) is 11.3. The lowest BCUT2D eigenvalue weighted by Gasteiger charge is -2.33. The number of hydrogen-bond donors (Lipinski definition) is 4. The molecule has 0 radical (unpaired) electrons. The number of fused-ring (bicyclic) bond motifs is 2. The monoisotopic (exact) mass is 1270 g/mol. The summed E-state index contributed by atoms with van der Waals surface area (Å²) in [5.41, 5.74) is 10.5. The van der Waals surface area contributed by atoms with Crippen LogP contribution in [0.15, 0.2) is 85.2 Å². The van der Waals surface area contributed by atoms with Crippen molar-refractivity contribution in [1.29, 1.82) is 0 Å². The standard InChI is InChI=1S/C60H78Cl4N12O8.ClH/c1-73-37-51(49-33-47(61)35-55(63)53(49)39-73)43-9-7-11-45(31-43)57-41-75(71-69-57)17-21-81-25-29-83-27-23-79-19-15-67-59(77)65-13-5-3-4-6-14-66-60(78)68-16-20-80-24-28-84-30-26-82-22-18-76-42-58(70-72-76)46-12-8-10-44(32-46)52-38-74(2)40-54-50(52)34-48(62)36-56(54)64;/h7-12,31-36,41-42,51-52H,3-6,13-30,37-40H2,1-2H3,(H2,65,67,77)(H2,66,68,78);1H/t51-,52-;/m0./s1. The molecule has 0 unspecified atom stereocenters. The molecule has 2 atom stereocenters. The van der Waals surface area contributed by atoms with Crippen LogP contribution in [-0.4, -0.2) is 184 Å². The third-order valence-corrected chi connectivity index (χ3v) is 15.5. The molecule has 0 saturated carbocycles. The molecule has 0 spiro atoms. The summed E-state index contributed by atoms with van der Waals surface area (Å²) in [4.78, 5) is 28.8. The first-order chi connectivity index (χ1) is 41.0. The second kappa shape index (κ2) is 36.2. The Morgan fingerprint density at radius 2 is 0.871 bits per heavy atom. The van der Waals surface area contributed by atoms with Crippen molar-refractivity contribution in [2.45, 2.75) is 63.7 Å². The van der Waals surface area contributed by atoms with E-state index in [1.54, 1.807) is 9.36 Å². The highest BCUT2D eigenvalue weighted by Crippen LogP contribution is 2.41. The van der Waals surface area contributed by atoms with E-state index in [4.69, 9.17) is 74.8 Å². The maximum Gasteiger partial charge on any atom is 0.314 e. The minimum atomic E-state index is -0.228. The third kappa shape index (κ3) is 21.9. The van der Waals surface area contributed by atoms with E-state index in [-0.39, 0.29) is 36.3 Å². The molecule has 0 fully saturated rings. The van der Waals surface area contributed by atoms with Crippen molar-refractivity contribution >= 4 is 70.9 Å². The summed E-state index contributed by atoms with van der Waals surface area (Å²) < 4.78 is 37.5. The molecule has 4 N–H and O–H groups in total. The Morgan fingerprint density at radius 3 is 1.28 bits per heavy atom. The number of hydrogen-bond acceptors (Lipinski definition) is 14. The Labute approximate surface area is 524 Å². The number of ether oxygens (including phenoxy) is 6. The number of likely N-dealkylation sites (N-methyl/N-ethyl adjacent to an activating group) is 2. The van der Waals surface area contributed by atoms with E-state index in [0.29, 0.717) is 139 Å². The molecule has 0 bridgehead atoms. The first-order valence-electron chi connectivity index (χ1n) is 28.8. The number of carbonyl (C=O) groups is 2. The van der Waals surface area contributed by atoms with Gasteiger partial charge in [-0.3, -0.25) is 0 Å². The molecule has 20 nitrogen and oxygen atoms in total. The first-order valence-corrected chi connectivity index (χ1v) is 30.3. The van der Waals surface area contributed by atoms with Crippen LogP contribution < -0.4 is 21.3 Å². The second-order valence-electron chi connectivity index (χ2n) is 20.8. The van der Waals surface area contributed by atoms with Gasteiger partial charge in [-0.25, -0.2) is 19.0 Å². The molecular weight excluding hydrogens is 1190 g/mol. The molecule has 0 saturated heterocycles. The smallest absolute Gasteiger partial charge is 0.314 e. The SMILES string of the molecule is CN1Cc2c(Cl)cc(Cl)cc2[C@H](c2cccc(-c3cn(CCOCCOCCOCCNC(=O)NCCCCCCNC(=O)NCCOCCOCCOCCn4cc(-c5cccc([C@@H]6CN(C)Cc7c(Cl)cc(Cl)cc76)c5)nn4)nn3)c2)C1.Cl. The number of nitrogens with one attached hydrogen (secondary N) is 4. The van der Waals surface area contributed by atoms with E-state index in [0.717, 1.165) is 85.5 Å². The van der Waals surface area contributed by atoms with Gasteiger partial charge in [0.05, 0.1) is 105 Å². The Hall–Kier alpha value is -5.17. The zero-order valence-corrected chi connectivity index (χ0v) is 52.2. The van der Waals surface area contributed by atoms with Gasteiger partial charge < -0.3 is 59.5 Å². The highest BCUT2D eigenvalue weighted by Gasteiger charge is 2.29. The van der Waals surface area contributed by atoms with Gasteiger partial charge in [0.1, 0.15) is 11.4 Å². The summed E-state index contributed by atoms with van der Waals surface area (Å²) in [6.07, 6.45) is 7.42. The van der Waals surface area contributed by atoms with Crippen LogP contribution in [0.2, 0.25) is 20.1 Å². The van der Waals surface area contributed by atoms with Crippen LogP contribution in [0.5, 0.6) is 0 Å². The number of nitrogens with zero attached hydrogens (tertiary/aromatic N) is 8. The first kappa shape index (κ1) is 67.3. The van der Waals surface area contributed by atoms with Gasteiger partial charge in [0, 0.05) is 95.4 Å². The van der Waals surface area contributed by atoms with Crippen molar-refractivity contribution in [2.24, 2.45) is 0 Å². The topological polar surface area (TPSA) is 206 Å². The summed E-state index contributed by atoms with van der Waals surface area (Å²) in [6.45, 7) is 11.5. The summed E-state index contributed by atoms with van der Waals surface area (Å²) in [7, 11) is 4.21. The summed E-state index contributed by atoms with van der Waals surface area (Å²) >= 11 is 26.0.